The van der Waals surface area contributed by atoms with Crippen LogP contribution in [-0.2, 0) is 20.4 Å². The van der Waals surface area contributed by atoms with Crippen LogP contribution in [0.4, 0.5) is 5.69 Å². The van der Waals surface area contributed by atoms with E-state index in [1.807, 2.05) is 30.3 Å². The van der Waals surface area contributed by atoms with Crippen LogP contribution in [0.25, 0.3) is 0 Å². The number of aliphatic carboxylic acids is 1. The Bertz CT molecular complexity index is 775. The number of benzene rings is 2. The molecule has 0 unspecified atom stereocenters. The molecule has 4 nitrogen and oxygen atoms in total. The summed E-state index contributed by atoms with van der Waals surface area (Å²) in [6.45, 7) is 3.34. The number of hydrogen-bond acceptors (Lipinski definition) is 2. The van der Waals surface area contributed by atoms with Gasteiger partial charge in [-0.1, -0.05) is 48.9 Å². The van der Waals surface area contributed by atoms with Crippen LogP contribution in [-0.4, -0.2) is 17.0 Å². The van der Waals surface area contributed by atoms with Gasteiger partial charge in [-0.05, 0) is 49.9 Å². The third-order valence-corrected chi connectivity index (χ3v) is 5.37. The molecule has 2 aromatic carbocycles. The summed E-state index contributed by atoms with van der Waals surface area (Å²) in [4.78, 5) is 24.3. The highest BCUT2D eigenvalue weighted by Crippen LogP contribution is 2.44. The van der Waals surface area contributed by atoms with Gasteiger partial charge in [0.05, 0.1) is 10.8 Å². The maximum atomic E-state index is 12.9. The number of hydrogen-bond donors (Lipinski definition) is 2. The average molecular weight is 337 g/mol. The number of carboxylic acids is 1. The van der Waals surface area contributed by atoms with Crippen molar-refractivity contribution in [2.45, 2.75) is 43.9 Å². The van der Waals surface area contributed by atoms with Crippen LogP contribution >= 0.6 is 0 Å². The summed E-state index contributed by atoms with van der Waals surface area (Å²) in [5.41, 5.74) is 1.06. The topological polar surface area (TPSA) is 66.4 Å². The van der Waals surface area contributed by atoms with Gasteiger partial charge in [-0.3, -0.25) is 9.59 Å². The Hall–Kier alpha value is -2.62. The Morgan fingerprint density at radius 2 is 1.60 bits per heavy atom. The van der Waals surface area contributed by atoms with Gasteiger partial charge >= 0.3 is 5.97 Å². The second-order valence-electron chi connectivity index (χ2n) is 7.26. The lowest BCUT2D eigenvalue weighted by Crippen LogP contribution is -2.46. The molecule has 0 aliphatic heterocycles. The molecule has 0 aromatic heterocycles. The van der Waals surface area contributed by atoms with Gasteiger partial charge in [-0.2, -0.15) is 0 Å². The van der Waals surface area contributed by atoms with E-state index < -0.39 is 16.8 Å². The average Bonchev–Trinajstić information content (AvgIpc) is 2.55. The van der Waals surface area contributed by atoms with Crippen molar-refractivity contribution in [2.24, 2.45) is 0 Å². The summed E-state index contributed by atoms with van der Waals surface area (Å²) in [7, 11) is 0. The fourth-order valence-electron chi connectivity index (χ4n) is 3.28. The molecule has 2 aromatic rings. The molecule has 0 atom stereocenters. The first-order chi connectivity index (χ1) is 11.9. The van der Waals surface area contributed by atoms with Gasteiger partial charge in [0.1, 0.15) is 0 Å². The highest BCUT2D eigenvalue weighted by atomic mass is 16.4. The van der Waals surface area contributed by atoms with Gasteiger partial charge in [0.15, 0.2) is 0 Å². The molecule has 25 heavy (non-hydrogen) atoms. The fraction of sp³-hybridized carbons (Fsp3) is 0.333. The normalized spacial score (nSPS) is 15.9. The standard InChI is InChI=1S/C21H23NO3/c1-20(2,19(24)25)15-9-11-17(12-10-15)22-18(23)21(13-6-14-21)16-7-4-3-5-8-16/h3-5,7-12H,6,13-14H2,1-2H3,(H,22,23)(H,24,25). The smallest absolute Gasteiger partial charge is 0.313 e. The summed E-state index contributed by atoms with van der Waals surface area (Å²) >= 11 is 0. The van der Waals surface area contributed by atoms with Crippen LogP contribution in [0.1, 0.15) is 44.2 Å². The van der Waals surface area contributed by atoms with Gasteiger partial charge in [0.2, 0.25) is 5.91 Å². The monoisotopic (exact) mass is 337 g/mol. The molecule has 0 saturated heterocycles. The molecule has 1 saturated carbocycles. The number of carbonyl (C=O) groups is 2. The van der Waals surface area contributed by atoms with Crippen molar-refractivity contribution in [3.05, 3.63) is 65.7 Å². The molecule has 0 spiro atoms. The number of carbonyl (C=O) groups excluding carboxylic acids is 1. The van der Waals surface area contributed by atoms with E-state index in [1.54, 1.807) is 38.1 Å². The van der Waals surface area contributed by atoms with Crippen LogP contribution < -0.4 is 5.32 Å². The number of rotatable bonds is 5. The highest BCUT2D eigenvalue weighted by Gasteiger charge is 2.45. The minimum Gasteiger partial charge on any atom is -0.481 e. The van der Waals surface area contributed by atoms with Gasteiger partial charge < -0.3 is 10.4 Å². The fourth-order valence-corrected chi connectivity index (χ4v) is 3.28. The summed E-state index contributed by atoms with van der Waals surface area (Å²) in [5.74, 6) is -0.864. The highest BCUT2D eigenvalue weighted by molar-refractivity contribution is 6.00. The quantitative estimate of drug-likeness (QED) is 0.863. The van der Waals surface area contributed by atoms with Crippen LogP contribution in [0.3, 0.4) is 0 Å². The van der Waals surface area contributed by atoms with Gasteiger partial charge in [0.25, 0.3) is 0 Å². The molecule has 1 aliphatic rings. The minimum atomic E-state index is -0.957. The Morgan fingerprint density at radius 3 is 2.08 bits per heavy atom. The van der Waals surface area contributed by atoms with Gasteiger partial charge in [-0.25, -0.2) is 0 Å². The first kappa shape index (κ1) is 17.2. The SMILES string of the molecule is CC(C)(C(=O)O)c1ccc(NC(=O)C2(c3ccccc3)CCC2)cc1. The van der Waals surface area contributed by atoms with Crippen molar-refractivity contribution < 1.29 is 14.7 Å². The summed E-state index contributed by atoms with van der Waals surface area (Å²) in [6.07, 6.45) is 2.76. The van der Waals surface area contributed by atoms with Crippen molar-refractivity contribution in [1.29, 1.82) is 0 Å². The summed E-state index contributed by atoms with van der Waals surface area (Å²) in [5, 5.41) is 12.3. The third kappa shape index (κ3) is 3.04. The number of nitrogens with one attached hydrogen (secondary N) is 1. The van der Waals surface area contributed by atoms with E-state index in [1.165, 1.54) is 0 Å². The largest absolute Gasteiger partial charge is 0.481 e. The summed E-state index contributed by atoms with van der Waals surface area (Å²) in [6, 6.07) is 17.0. The predicted octanol–water partition coefficient (Wildman–Crippen LogP) is 4.11. The van der Waals surface area contributed by atoms with Gasteiger partial charge in [0, 0.05) is 5.69 Å². The van der Waals surface area contributed by atoms with E-state index in [9.17, 15) is 14.7 Å². The first-order valence-electron chi connectivity index (χ1n) is 8.57. The van der Waals surface area contributed by atoms with Crippen LogP contribution in [0.2, 0.25) is 0 Å². The van der Waals surface area contributed by atoms with E-state index in [0.29, 0.717) is 11.3 Å². The zero-order chi connectivity index (χ0) is 18.1. The van der Waals surface area contributed by atoms with Crippen molar-refractivity contribution in [2.75, 3.05) is 5.32 Å². The maximum Gasteiger partial charge on any atom is 0.313 e. The van der Waals surface area contributed by atoms with Crippen molar-refractivity contribution >= 4 is 17.6 Å². The lowest BCUT2D eigenvalue weighted by Gasteiger charge is -2.40. The first-order valence-corrected chi connectivity index (χ1v) is 8.57. The summed E-state index contributed by atoms with van der Waals surface area (Å²) < 4.78 is 0. The molecule has 1 aliphatic carbocycles. The molecular formula is C21H23NO3. The lowest BCUT2D eigenvalue weighted by atomic mass is 9.64. The van der Waals surface area contributed by atoms with Crippen molar-refractivity contribution in [3.8, 4) is 0 Å². The zero-order valence-corrected chi connectivity index (χ0v) is 14.6. The second kappa shape index (κ2) is 6.36. The Labute approximate surface area is 147 Å². The molecule has 130 valence electrons. The Kier molecular flexibility index (Phi) is 4.38. The molecule has 0 heterocycles. The molecule has 1 fully saturated rings. The van der Waals surface area contributed by atoms with Crippen LogP contribution in [0.5, 0.6) is 0 Å². The molecule has 1 amide bonds. The van der Waals surface area contributed by atoms with Crippen molar-refractivity contribution in [1.82, 2.24) is 0 Å². The maximum absolute atomic E-state index is 12.9. The van der Waals surface area contributed by atoms with E-state index in [4.69, 9.17) is 0 Å². The predicted molar refractivity (Wildman–Crippen MR) is 97.7 cm³/mol. The number of carboxylic acid groups (broad SMARTS) is 1. The third-order valence-electron chi connectivity index (χ3n) is 5.37. The molecule has 4 heteroatoms. The van der Waals surface area contributed by atoms with Gasteiger partial charge in [-0.15, -0.1) is 0 Å². The van der Waals surface area contributed by atoms with E-state index >= 15 is 0 Å². The second-order valence-corrected chi connectivity index (χ2v) is 7.26. The Balaban J connectivity index is 1.78. The molecule has 2 N–H and O–H groups in total. The molecule has 0 bridgehead atoms. The number of anilines is 1. The van der Waals surface area contributed by atoms with E-state index in [2.05, 4.69) is 5.32 Å². The van der Waals surface area contributed by atoms with E-state index in [-0.39, 0.29) is 5.91 Å². The molecular weight excluding hydrogens is 314 g/mol. The molecule has 0 radical (unpaired) electrons. The van der Waals surface area contributed by atoms with Crippen LogP contribution in [0, 0.1) is 0 Å². The zero-order valence-electron chi connectivity index (χ0n) is 14.6. The Morgan fingerprint density at radius 1 is 1.00 bits per heavy atom. The minimum absolute atomic E-state index is 0.00944. The lowest BCUT2D eigenvalue weighted by molar-refractivity contribution is -0.142. The molecule has 3 rings (SSSR count). The number of amides is 1. The van der Waals surface area contributed by atoms with Crippen molar-refractivity contribution in [3.63, 3.8) is 0 Å². The van der Waals surface area contributed by atoms with Crippen LogP contribution in [0.15, 0.2) is 54.6 Å². The van der Waals surface area contributed by atoms with E-state index in [0.717, 1.165) is 24.8 Å².